The Bertz CT molecular complexity index is 946. The maximum atomic E-state index is 12.7. The number of halogens is 1. The Balaban J connectivity index is 1.33. The molecule has 1 saturated heterocycles. The molecule has 3 aromatic rings. The Labute approximate surface area is 169 Å². The Kier molecular flexibility index (Phi) is 5.50. The summed E-state index contributed by atoms with van der Waals surface area (Å²) in [6, 6.07) is 11.5. The molecule has 7 heteroatoms. The molecule has 1 aromatic carbocycles. The van der Waals surface area contributed by atoms with Crippen molar-refractivity contribution in [2.75, 3.05) is 33.3 Å². The normalized spacial score (nSPS) is 15.1. The van der Waals surface area contributed by atoms with Crippen molar-refractivity contribution in [2.24, 2.45) is 0 Å². The molecule has 0 atom stereocenters. The lowest BCUT2D eigenvalue weighted by atomic mass is 10.1. The summed E-state index contributed by atoms with van der Waals surface area (Å²) < 4.78 is 7.38. The number of benzene rings is 1. The molecular weight excluding hydrogens is 376 g/mol. The zero-order valence-corrected chi connectivity index (χ0v) is 16.6. The molecule has 28 heavy (non-hydrogen) atoms. The molecule has 1 aliphatic heterocycles. The molecule has 2 aromatic heterocycles. The molecule has 0 aliphatic carbocycles. The quantitative estimate of drug-likeness (QED) is 0.663. The number of carbonyl (C=O) groups is 1. The van der Waals surface area contributed by atoms with Gasteiger partial charge in [-0.1, -0.05) is 17.7 Å². The first-order valence-corrected chi connectivity index (χ1v) is 9.75. The Hall–Kier alpha value is -2.57. The van der Waals surface area contributed by atoms with Crippen molar-refractivity contribution < 1.29 is 9.53 Å². The number of methoxy groups -OCH3 is 1. The monoisotopic (exact) mass is 398 g/mol. The Morgan fingerprint density at radius 1 is 1.18 bits per heavy atom. The van der Waals surface area contributed by atoms with Gasteiger partial charge in [-0.05, 0) is 30.3 Å². The average Bonchev–Trinajstić information content (AvgIpc) is 3.11. The molecule has 3 heterocycles. The molecule has 0 saturated carbocycles. The second-order valence-corrected chi connectivity index (χ2v) is 7.42. The first-order valence-electron chi connectivity index (χ1n) is 9.37. The number of piperazine rings is 1. The number of rotatable bonds is 5. The second-order valence-electron chi connectivity index (χ2n) is 6.99. The van der Waals surface area contributed by atoms with Gasteiger partial charge in [-0.15, -0.1) is 0 Å². The highest BCUT2D eigenvalue weighted by atomic mass is 35.5. The van der Waals surface area contributed by atoms with Gasteiger partial charge < -0.3 is 14.0 Å². The first-order chi connectivity index (χ1) is 13.6. The van der Waals surface area contributed by atoms with Crippen molar-refractivity contribution in [3.63, 3.8) is 0 Å². The van der Waals surface area contributed by atoms with Crippen LogP contribution >= 0.6 is 11.6 Å². The third kappa shape index (κ3) is 4.13. The molecule has 1 aliphatic rings. The minimum Gasteiger partial charge on any atom is -0.496 e. The lowest BCUT2D eigenvalue weighted by Gasteiger charge is -2.35. The predicted molar refractivity (Wildman–Crippen MR) is 109 cm³/mol. The second kappa shape index (κ2) is 8.20. The van der Waals surface area contributed by atoms with Crippen LogP contribution in [-0.4, -0.2) is 58.4 Å². The van der Waals surface area contributed by atoms with Gasteiger partial charge in [-0.3, -0.25) is 9.69 Å². The highest BCUT2D eigenvalue weighted by Gasteiger charge is 2.22. The summed E-state index contributed by atoms with van der Waals surface area (Å²) in [6.07, 6.45) is 4.21. The average molecular weight is 399 g/mol. The molecule has 6 nitrogen and oxygen atoms in total. The van der Waals surface area contributed by atoms with Crippen LogP contribution in [-0.2, 0) is 17.8 Å². The molecule has 146 valence electrons. The zero-order chi connectivity index (χ0) is 19.5. The van der Waals surface area contributed by atoms with E-state index < -0.39 is 0 Å². The minimum absolute atomic E-state index is 0.128. The molecule has 0 bridgehead atoms. The fourth-order valence-electron chi connectivity index (χ4n) is 3.61. The van der Waals surface area contributed by atoms with Crippen LogP contribution in [0.15, 0.2) is 48.8 Å². The topological polar surface area (TPSA) is 50.1 Å². The highest BCUT2D eigenvalue weighted by Crippen LogP contribution is 2.24. The van der Waals surface area contributed by atoms with Crippen LogP contribution in [0.4, 0.5) is 0 Å². The Morgan fingerprint density at radius 3 is 2.75 bits per heavy atom. The van der Waals surface area contributed by atoms with E-state index in [1.165, 1.54) is 0 Å². The smallest absolute Gasteiger partial charge is 0.228 e. The summed E-state index contributed by atoms with van der Waals surface area (Å²) >= 11 is 6.13. The number of imidazole rings is 1. The third-order valence-electron chi connectivity index (χ3n) is 5.11. The number of pyridine rings is 1. The maximum Gasteiger partial charge on any atom is 0.228 e. The molecule has 1 amide bonds. The molecule has 4 rings (SSSR count). The van der Waals surface area contributed by atoms with Gasteiger partial charge in [0.1, 0.15) is 11.4 Å². The number of carbonyl (C=O) groups excluding carboxylic acids is 1. The van der Waals surface area contributed by atoms with Crippen LogP contribution in [0.2, 0.25) is 5.02 Å². The third-order valence-corrected chi connectivity index (χ3v) is 5.34. The van der Waals surface area contributed by atoms with Crippen molar-refractivity contribution in [1.29, 1.82) is 0 Å². The number of ether oxygens (including phenoxy) is 1. The summed E-state index contributed by atoms with van der Waals surface area (Å²) in [5.74, 6) is 0.971. The van der Waals surface area contributed by atoms with Gasteiger partial charge in [0.2, 0.25) is 5.91 Å². The largest absolute Gasteiger partial charge is 0.496 e. The molecule has 0 spiro atoms. The van der Waals surface area contributed by atoms with Gasteiger partial charge in [-0.2, -0.15) is 0 Å². The summed E-state index contributed by atoms with van der Waals surface area (Å²) in [5, 5.41) is 0.706. The van der Waals surface area contributed by atoms with E-state index in [9.17, 15) is 4.79 Å². The summed E-state index contributed by atoms with van der Waals surface area (Å²) in [4.78, 5) is 21.4. The van der Waals surface area contributed by atoms with E-state index in [0.29, 0.717) is 11.4 Å². The summed E-state index contributed by atoms with van der Waals surface area (Å²) in [5.41, 5.74) is 2.74. The first kappa shape index (κ1) is 18.8. The van der Waals surface area contributed by atoms with Crippen molar-refractivity contribution >= 4 is 23.2 Å². The van der Waals surface area contributed by atoms with Crippen molar-refractivity contribution in [1.82, 2.24) is 19.2 Å². The fraction of sp³-hybridized carbons (Fsp3) is 0.333. The number of aromatic nitrogens is 2. The maximum absolute atomic E-state index is 12.7. The predicted octanol–water partition coefficient (Wildman–Crippen LogP) is 2.88. The Morgan fingerprint density at radius 2 is 2.00 bits per heavy atom. The fourth-order valence-corrected chi connectivity index (χ4v) is 3.80. The molecular formula is C21H23ClN4O2. The standard InChI is InChI=1S/C21H23ClN4O2/c1-28-19-6-5-17(22)12-16(19)14-24-8-10-25(11-9-24)21(27)13-18-15-26-7-3-2-4-20(26)23-18/h2-7,12,15H,8-11,13-14H2,1H3. The van der Waals surface area contributed by atoms with Crippen molar-refractivity contribution in [2.45, 2.75) is 13.0 Å². The number of amides is 1. The van der Waals surface area contributed by atoms with Gasteiger partial charge in [0.25, 0.3) is 0 Å². The summed E-state index contributed by atoms with van der Waals surface area (Å²) in [7, 11) is 1.67. The van der Waals surface area contributed by atoms with Crippen LogP contribution in [0.3, 0.4) is 0 Å². The summed E-state index contributed by atoms with van der Waals surface area (Å²) in [6.45, 7) is 3.85. The van der Waals surface area contributed by atoms with Crippen molar-refractivity contribution in [3.8, 4) is 5.75 Å². The van der Waals surface area contributed by atoms with E-state index in [2.05, 4.69) is 9.88 Å². The van der Waals surface area contributed by atoms with E-state index >= 15 is 0 Å². The van der Waals surface area contributed by atoms with Gasteiger partial charge in [0.15, 0.2) is 0 Å². The van der Waals surface area contributed by atoms with Gasteiger partial charge >= 0.3 is 0 Å². The lowest BCUT2D eigenvalue weighted by Crippen LogP contribution is -2.48. The van der Waals surface area contributed by atoms with Crippen LogP contribution in [0.25, 0.3) is 5.65 Å². The van der Waals surface area contributed by atoms with Crippen LogP contribution in [0.5, 0.6) is 5.75 Å². The van der Waals surface area contributed by atoms with Gasteiger partial charge in [0, 0.05) is 55.7 Å². The highest BCUT2D eigenvalue weighted by molar-refractivity contribution is 6.30. The van der Waals surface area contributed by atoms with Crippen molar-refractivity contribution in [3.05, 3.63) is 65.1 Å². The minimum atomic E-state index is 0.128. The van der Waals surface area contributed by atoms with Crippen LogP contribution in [0.1, 0.15) is 11.3 Å². The van der Waals surface area contributed by atoms with Gasteiger partial charge in [-0.25, -0.2) is 4.98 Å². The number of nitrogens with zero attached hydrogens (tertiary/aromatic N) is 4. The number of fused-ring (bicyclic) bond motifs is 1. The van der Waals surface area contributed by atoms with E-state index in [4.69, 9.17) is 16.3 Å². The zero-order valence-electron chi connectivity index (χ0n) is 15.8. The van der Waals surface area contributed by atoms with E-state index in [1.54, 1.807) is 7.11 Å². The lowest BCUT2D eigenvalue weighted by molar-refractivity contribution is -0.132. The molecule has 0 unspecified atom stereocenters. The van der Waals surface area contributed by atoms with Crippen LogP contribution < -0.4 is 4.74 Å². The number of hydrogen-bond donors (Lipinski definition) is 0. The number of hydrogen-bond acceptors (Lipinski definition) is 4. The molecule has 1 fully saturated rings. The van der Waals surface area contributed by atoms with Crippen LogP contribution in [0, 0.1) is 0 Å². The van der Waals surface area contributed by atoms with Gasteiger partial charge in [0.05, 0.1) is 19.2 Å². The SMILES string of the molecule is COc1ccc(Cl)cc1CN1CCN(C(=O)Cc2cn3ccccc3n2)CC1. The van der Waals surface area contributed by atoms with E-state index in [1.807, 2.05) is 58.1 Å². The molecule has 0 N–H and O–H groups in total. The molecule has 0 radical (unpaired) electrons. The van der Waals surface area contributed by atoms with E-state index in [0.717, 1.165) is 55.4 Å². The van der Waals surface area contributed by atoms with E-state index in [-0.39, 0.29) is 5.91 Å².